The van der Waals surface area contributed by atoms with Gasteiger partial charge in [-0.25, -0.2) is 0 Å². The van der Waals surface area contributed by atoms with Gasteiger partial charge in [-0.1, -0.05) is 6.07 Å². The summed E-state index contributed by atoms with van der Waals surface area (Å²) in [6, 6.07) is 9.51. The number of nitrogens with zero attached hydrogens (tertiary/aromatic N) is 1. The molecule has 1 unspecified atom stereocenters. The minimum absolute atomic E-state index is 0.111. The van der Waals surface area contributed by atoms with Crippen LogP contribution >= 0.6 is 0 Å². The Balaban J connectivity index is 1.60. The number of carbonyl (C=O) groups is 3. The second-order valence-electron chi connectivity index (χ2n) is 6.89. The second-order valence-corrected chi connectivity index (χ2v) is 6.89. The molecule has 1 aliphatic rings. The number of alkyl halides is 3. The van der Waals surface area contributed by atoms with Gasteiger partial charge in [-0.05, 0) is 37.3 Å². The standard InChI is InChI=1S/C21H19F3N2O5/c1-12-20(29)26(2)16-10-13(6-8-18(16)30-12)17(27)7-9-19(28)25-14-4-3-5-15(11-14)31-21(22,23)24/h3-6,8,10-12H,7,9H2,1-2H3,(H,25,28). The zero-order valence-electron chi connectivity index (χ0n) is 16.7. The van der Waals surface area contributed by atoms with Crippen LogP contribution in [0.1, 0.15) is 30.1 Å². The maximum Gasteiger partial charge on any atom is 0.573 e. The molecule has 0 aromatic heterocycles. The summed E-state index contributed by atoms with van der Waals surface area (Å²) in [6.45, 7) is 1.63. The maximum atomic E-state index is 12.5. The van der Waals surface area contributed by atoms with E-state index in [1.54, 1.807) is 26.1 Å². The van der Waals surface area contributed by atoms with Crippen molar-refractivity contribution in [2.24, 2.45) is 0 Å². The molecule has 1 heterocycles. The zero-order valence-corrected chi connectivity index (χ0v) is 16.7. The van der Waals surface area contributed by atoms with Gasteiger partial charge in [0.15, 0.2) is 11.9 Å². The largest absolute Gasteiger partial charge is 0.573 e. The quantitative estimate of drug-likeness (QED) is 0.694. The molecule has 0 bridgehead atoms. The molecule has 2 aromatic rings. The highest BCUT2D eigenvalue weighted by atomic mass is 19.4. The molecule has 0 radical (unpaired) electrons. The normalized spacial score (nSPS) is 15.7. The predicted molar refractivity (Wildman–Crippen MR) is 105 cm³/mol. The number of hydrogen-bond donors (Lipinski definition) is 1. The number of halogens is 3. The van der Waals surface area contributed by atoms with Crippen molar-refractivity contribution in [2.45, 2.75) is 32.2 Å². The second kappa shape index (κ2) is 8.66. The Morgan fingerprint density at radius 1 is 1.16 bits per heavy atom. The van der Waals surface area contributed by atoms with Crippen LogP contribution in [0.5, 0.6) is 11.5 Å². The number of Topliss-reactive ketones (excluding diaryl/α,β-unsaturated/α-hetero) is 1. The van der Waals surface area contributed by atoms with Crippen LogP contribution in [0.3, 0.4) is 0 Å². The molecule has 0 saturated heterocycles. The lowest BCUT2D eigenvalue weighted by Gasteiger charge is -2.30. The highest BCUT2D eigenvalue weighted by Crippen LogP contribution is 2.34. The highest BCUT2D eigenvalue weighted by molar-refractivity contribution is 6.04. The van der Waals surface area contributed by atoms with Gasteiger partial charge in [0.1, 0.15) is 11.5 Å². The highest BCUT2D eigenvalue weighted by Gasteiger charge is 2.31. The summed E-state index contributed by atoms with van der Waals surface area (Å²) >= 11 is 0. The van der Waals surface area contributed by atoms with E-state index < -0.39 is 24.1 Å². The number of nitrogens with one attached hydrogen (secondary N) is 1. The van der Waals surface area contributed by atoms with Crippen molar-refractivity contribution in [2.75, 3.05) is 17.3 Å². The van der Waals surface area contributed by atoms with Gasteiger partial charge in [0.2, 0.25) is 5.91 Å². The summed E-state index contributed by atoms with van der Waals surface area (Å²) in [6.07, 6.45) is -5.77. The van der Waals surface area contributed by atoms with Gasteiger partial charge in [0, 0.05) is 37.2 Å². The van der Waals surface area contributed by atoms with Crippen LogP contribution in [0.2, 0.25) is 0 Å². The van der Waals surface area contributed by atoms with Crippen molar-refractivity contribution in [3.8, 4) is 11.5 Å². The number of likely N-dealkylation sites (N-methyl/N-ethyl adjacent to an activating group) is 1. The Kier molecular flexibility index (Phi) is 6.19. The van der Waals surface area contributed by atoms with Gasteiger partial charge >= 0.3 is 6.36 Å². The van der Waals surface area contributed by atoms with Crippen molar-refractivity contribution >= 4 is 29.0 Å². The van der Waals surface area contributed by atoms with E-state index in [-0.39, 0.29) is 30.2 Å². The number of hydrogen-bond acceptors (Lipinski definition) is 5. The summed E-state index contributed by atoms with van der Waals surface area (Å²) in [4.78, 5) is 38.0. The van der Waals surface area contributed by atoms with Gasteiger partial charge in [-0.15, -0.1) is 13.2 Å². The number of rotatable bonds is 6. The molecule has 7 nitrogen and oxygen atoms in total. The minimum Gasteiger partial charge on any atom is -0.479 e. The molecular formula is C21H19F3N2O5. The summed E-state index contributed by atoms with van der Waals surface area (Å²) in [5.74, 6) is -1.10. The van der Waals surface area contributed by atoms with Crippen LogP contribution in [0.25, 0.3) is 0 Å². The summed E-state index contributed by atoms with van der Waals surface area (Å²) < 4.78 is 46.2. The first-order valence-electron chi connectivity index (χ1n) is 9.30. The fraction of sp³-hybridized carbons (Fsp3) is 0.286. The lowest BCUT2D eigenvalue weighted by molar-refractivity contribution is -0.274. The molecule has 2 aromatic carbocycles. The van der Waals surface area contributed by atoms with Gasteiger partial charge in [0.05, 0.1) is 5.69 Å². The summed E-state index contributed by atoms with van der Waals surface area (Å²) in [5, 5.41) is 2.43. The molecule has 3 rings (SSSR count). The Bertz CT molecular complexity index is 1020. The van der Waals surface area contributed by atoms with E-state index in [1.807, 2.05) is 0 Å². The molecule has 31 heavy (non-hydrogen) atoms. The van der Waals surface area contributed by atoms with Gasteiger partial charge in [-0.3, -0.25) is 14.4 Å². The Morgan fingerprint density at radius 2 is 1.90 bits per heavy atom. The third-order valence-electron chi connectivity index (χ3n) is 4.55. The van der Waals surface area contributed by atoms with Crippen LogP contribution < -0.4 is 19.7 Å². The lowest BCUT2D eigenvalue weighted by atomic mass is 10.0. The van der Waals surface area contributed by atoms with E-state index >= 15 is 0 Å². The van der Waals surface area contributed by atoms with Crippen molar-refractivity contribution in [1.82, 2.24) is 0 Å². The van der Waals surface area contributed by atoms with Crippen molar-refractivity contribution < 1.29 is 37.0 Å². The van der Waals surface area contributed by atoms with E-state index in [0.717, 1.165) is 12.1 Å². The SMILES string of the molecule is CC1Oc2ccc(C(=O)CCC(=O)Nc3cccc(OC(F)(F)F)c3)cc2N(C)C1=O. The Morgan fingerprint density at radius 3 is 2.61 bits per heavy atom. The number of amides is 2. The monoisotopic (exact) mass is 436 g/mol. The number of fused-ring (bicyclic) bond motifs is 1. The van der Waals surface area contributed by atoms with Crippen LogP contribution in [0.4, 0.5) is 24.5 Å². The average molecular weight is 436 g/mol. The summed E-state index contributed by atoms with van der Waals surface area (Å²) in [5.41, 5.74) is 0.879. The van der Waals surface area contributed by atoms with Gasteiger partial charge in [-0.2, -0.15) is 0 Å². The first-order chi connectivity index (χ1) is 14.5. The maximum absolute atomic E-state index is 12.5. The number of ketones is 1. The molecule has 0 fully saturated rings. The first kappa shape index (κ1) is 22.1. The van der Waals surface area contributed by atoms with Gasteiger partial charge < -0.3 is 19.7 Å². The molecule has 0 spiro atoms. The Hall–Kier alpha value is -3.56. The minimum atomic E-state index is -4.84. The molecule has 2 amide bonds. The van der Waals surface area contributed by atoms with Crippen molar-refractivity contribution in [3.05, 3.63) is 48.0 Å². The molecular weight excluding hydrogens is 417 g/mol. The lowest BCUT2D eigenvalue weighted by Crippen LogP contribution is -2.42. The fourth-order valence-electron chi connectivity index (χ4n) is 3.05. The first-order valence-corrected chi connectivity index (χ1v) is 9.30. The smallest absolute Gasteiger partial charge is 0.479 e. The van der Waals surface area contributed by atoms with Crippen LogP contribution in [0.15, 0.2) is 42.5 Å². The van der Waals surface area contributed by atoms with E-state index in [4.69, 9.17) is 4.74 Å². The molecule has 1 aliphatic heterocycles. The zero-order chi connectivity index (χ0) is 22.8. The van der Waals surface area contributed by atoms with Crippen LogP contribution in [0, 0.1) is 0 Å². The van der Waals surface area contributed by atoms with E-state index in [1.165, 1.54) is 23.1 Å². The molecule has 0 aliphatic carbocycles. The topological polar surface area (TPSA) is 84.9 Å². The number of ether oxygens (including phenoxy) is 2. The molecule has 1 atom stereocenters. The number of benzene rings is 2. The number of anilines is 2. The van der Waals surface area contributed by atoms with Crippen molar-refractivity contribution in [1.29, 1.82) is 0 Å². The number of carbonyl (C=O) groups excluding carboxylic acids is 3. The predicted octanol–water partition coefficient (Wildman–Crippen LogP) is 3.93. The molecule has 0 saturated carbocycles. The van der Waals surface area contributed by atoms with E-state index in [0.29, 0.717) is 17.0 Å². The van der Waals surface area contributed by atoms with E-state index in [9.17, 15) is 27.6 Å². The third kappa shape index (κ3) is 5.53. The van der Waals surface area contributed by atoms with Crippen LogP contribution in [-0.4, -0.2) is 37.1 Å². The van der Waals surface area contributed by atoms with Crippen molar-refractivity contribution in [3.63, 3.8) is 0 Å². The average Bonchev–Trinajstić information content (AvgIpc) is 2.69. The molecule has 10 heteroatoms. The molecule has 1 N–H and O–H groups in total. The fourth-order valence-corrected chi connectivity index (χ4v) is 3.05. The summed E-state index contributed by atoms with van der Waals surface area (Å²) in [7, 11) is 1.58. The molecule has 164 valence electrons. The Labute approximate surface area is 175 Å². The van der Waals surface area contributed by atoms with Crippen LogP contribution in [-0.2, 0) is 9.59 Å². The van der Waals surface area contributed by atoms with Gasteiger partial charge in [0.25, 0.3) is 5.91 Å². The third-order valence-corrected chi connectivity index (χ3v) is 4.55. The van der Waals surface area contributed by atoms with E-state index in [2.05, 4.69) is 10.1 Å².